The maximum atomic E-state index is 5.40. The van der Waals surface area contributed by atoms with Crippen LogP contribution in [0.1, 0.15) is 52.4 Å². The van der Waals surface area contributed by atoms with Gasteiger partial charge in [-0.15, -0.1) is 0 Å². The Morgan fingerprint density at radius 3 is 2.50 bits per heavy atom. The van der Waals surface area contributed by atoms with Crippen molar-refractivity contribution in [2.75, 3.05) is 27.2 Å². The summed E-state index contributed by atoms with van der Waals surface area (Å²) in [5.41, 5.74) is 0. The molecule has 0 aliphatic heterocycles. The van der Waals surface area contributed by atoms with E-state index in [0.29, 0.717) is 18.2 Å². The highest BCUT2D eigenvalue weighted by Gasteiger charge is 2.26. The molecule has 0 aromatic carbocycles. The Morgan fingerprint density at radius 1 is 1.22 bits per heavy atom. The summed E-state index contributed by atoms with van der Waals surface area (Å²) in [5, 5.41) is 3.69. The predicted octanol–water partition coefficient (Wildman–Crippen LogP) is 2.65. The first-order valence-corrected chi connectivity index (χ1v) is 7.65. The maximum absolute atomic E-state index is 5.40. The number of hydrogen-bond donors (Lipinski definition) is 1. The third kappa shape index (κ3) is 5.25. The van der Waals surface area contributed by atoms with Gasteiger partial charge in [0.2, 0.25) is 0 Å². The molecular formula is C15H32N2O. The van der Waals surface area contributed by atoms with Crippen LogP contribution in [0.25, 0.3) is 0 Å². The number of ether oxygens (including phenoxy) is 1. The molecule has 1 saturated carbocycles. The van der Waals surface area contributed by atoms with E-state index >= 15 is 0 Å². The monoisotopic (exact) mass is 256 g/mol. The summed E-state index contributed by atoms with van der Waals surface area (Å²) >= 11 is 0. The van der Waals surface area contributed by atoms with E-state index in [4.69, 9.17) is 4.74 Å². The van der Waals surface area contributed by atoms with Gasteiger partial charge in [-0.3, -0.25) is 4.90 Å². The Morgan fingerprint density at radius 2 is 1.89 bits per heavy atom. The van der Waals surface area contributed by atoms with Crippen molar-refractivity contribution in [3.63, 3.8) is 0 Å². The van der Waals surface area contributed by atoms with Crippen LogP contribution in [0, 0.1) is 0 Å². The second kappa shape index (κ2) is 8.89. The second-order valence-corrected chi connectivity index (χ2v) is 5.71. The van der Waals surface area contributed by atoms with Gasteiger partial charge in [0.25, 0.3) is 0 Å². The summed E-state index contributed by atoms with van der Waals surface area (Å²) in [5.74, 6) is 0. The molecule has 0 saturated heterocycles. The average Bonchev–Trinajstić information content (AvgIpc) is 2.32. The molecule has 0 heterocycles. The largest absolute Gasteiger partial charge is 0.380 e. The molecule has 1 fully saturated rings. The Kier molecular flexibility index (Phi) is 7.87. The normalized spacial score (nSPS) is 27.8. The zero-order valence-corrected chi connectivity index (χ0v) is 12.7. The average molecular weight is 256 g/mol. The van der Waals surface area contributed by atoms with E-state index in [1.165, 1.54) is 38.5 Å². The number of methoxy groups -OCH3 is 1. The lowest BCUT2D eigenvalue weighted by Gasteiger charge is -2.37. The quantitative estimate of drug-likeness (QED) is 0.791. The predicted molar refractivity (Wildman–Crippen MR) is 78.1 cm³/mol. The molecule has 1 rings (SSSR count). The van der Waals surface area contributed by atoms with Crippen LogP contribution in [0.4, 0.5) is 0 Å². The molecule has 1 aliphatic carbocycles. The van der Waals surface area contributed by atoms with Gasteiger partial charge < -0.3 is 10.1 Å². The summed E-state index contributed by atoms with van der Waals surface area (Å²) in [7, 11) is 4.06. The first-order valence-electron chi connectivity index (χ1n) is 7.65. The van der Waals surface area contributed by atoms with Gasteiger partial charge >= 0.3 is 0 Å². The van der Waals surface area contributed by atoms with Gasteiger partial charge in [-0.05, 0) is 33.4 Å². The SMILES string of the molecule is CCNC1CCCCCCC1N(C)CC(C)OC. The standard InChI is InChI=1S/C15H32N2O/c1-5-16-14-10-8-6-7-9-11-15(14)17(3)12-13(2)18-4/h13-16H,5-12H2,1-4H3. The van der Waals surface area contributed by atoms with Crippen molar-refractivity contribution in [2.24, 2.45) is 0 Å². The molecule has 108 valence electrons. The van der Waals surface area contributed by atoms with Crippen molar-refractivity contribution >= 4 is 0 Å². The molecule has 0 radical (unpaired) electrons. The molecule has 0 spiro atoms. The Labute approximate surface area is 113 Å². The molecular weight excluding hydrogens is 224 g/mol. The number of hydrogen-bond acceptors (Lipinski definition) is 3. The Balaban J connectivity index is 2.57. The summed E-state index contributed by atoms with van der Waals surface area (Å²) in [4.78, 5) is 2.51. The third-order valence-electron chi connectivity index (χ3n) is 4.21. The molecule has 3 atom stereocenters. The minimum Gasteiger partial charge on any atom is -0.380 e. The van der Waals surface area contributed by atoms with Crippen molar-refractivity contribution in [3.8, 4) is 0 Å². The van der Waals surface area contributed by atoms with Crippen LogP contribution in [0.5, 0.6) is 0 Å². The van der Waals surface area contributed by atoms with E-state index in [9.17, 15) is 0 Å². The van der Waals surface area contributed by atoms with E-state index in [2.05, 4.69) is 31.1 Å². The highest BCUT2D eigenvalue weighted by Crippen LogP contribution is 2.21. The molecule has 3 nitrogen and oxygen atoms in total. The summed E-state index contributed by atoms with van der Waals surface area (Å²) in [6, 6.07) is 1.33. The fraction of sp³-hybridized carbons (Fsp3) is 1.00. The highest BCUT2D eigenvalue weighted by molar-refractivity contribution is 4.85. The molecule has 1 N–H and O–H groups in total. The smallest absolute Gasteiger partial charge is 0.0670 e. The lowest BCUT2D eigenvalue weighted by molar-refractivity contribution is 0.0584. The topological polar surface area (TPSA) is 24.5 Å². The minimum absolute atomic E-state index is 0.322. The number of nitrogens with one attached hydrogen (secondary N) is 1. The second-order valence-electron chi connectivity index (χ2n) is 5.71. The Bertz CT molecular complexity index is 211. The fourth-order valence-corrected chi connectivity index (χ4v) is 3.11. The first kappa shape index (κ1) is 15.9. The van der Waals surface area contributed by atoms with Crippen molar-refractivity contribution in [1.29, 1.82) is 0 Å². The van der Waals surface area contributed by atoms with E-state index in [1.54, 1.807) is 7.11 Å². The van der Waals surface area contributed by atoms with Gasteiger partial charge in [0.1, 0.15) is 0 Å². The Hall–Kier alpha value is -0.120. The molecule has 0 aromatic heterocycles. The zero-order valence-electron chi connectivity index (χ0n) is 12.7. The number of rotatable bonds is 6. The summed E-state index contributed by atoms with van der Waals surface area (Å²) in [6.07, 6.45) is 8.53. The lowest BCUT2D eigenvalue weighted by atomic mass is 9.91. The van der Waals surface area contributed by atoms with Crippen LogP contribution >= 0.6 is 0 Å². The van der Waals surface area contributed by atoms with Gasteiger partial charge in [-0.1, -0.05) is 32.6 Å². The molecule has 18 heavy (non-hydrogen) atoms. The molecule has 1 aliphatic rings. The summed E-state index contributed by atoms with van der Waals surface area (Å²) < 4.78 is 5.40. The van der Waals surface area contributed by atoms with Crippen LogP contribution < -0.4 is 5.32 Å². The minimum atomic E-state index is 0.322. The zero-order chi connectivity index (χ0) is 13.4. The lowest BCUT2D eigenvalue weighted by Crippen LogP contribution is -2.50. The number of nitrogens with zero attached hydrogens (tertiary/aromatic N) is 1. The van der Waals surface area contributed by atoms with Crippen LogP contribution in [-0.2, 0) is 4.74 Å². The van der Waals surface area contributed by atoms with Crippen LogP contribution in [0.15, 0.2) is 0 Å². The van der Waals surface area contributed by atoms with E-state index in [0.717, 1.165) is 13.1 Å². The van der Waals surface area contributed by atoms with Gasteiger partial charge in [0.05, 0.1) is 6.10 Å². The number of likely N-dealkylation sites (N-methyl/N-ethyl adjacent to an activating group) is 2. The van der Waals surface area contributed by atoms with Crippen molar-refractivity contribution in [1.82, 2.24) is 10.2 Å². The van der Waals surface area contributed by atoms with E-state index in [-0.39, 0.29) is 0 Å². The molecule has 0 aromatic rings. The van der Waals surface area contributed by atoms with Crippen LogP contribution in [-0.4, -0.2) is 50.3 Å². The third-order valence-corrected chi connectivity index (χ3v) is 4.21. The molecule has 0 bridgehead atoms. The maximum Gasteiger partial charge on any atom is 0.0670 e. The van der Waals surface area contributed by atoms with Gasteiger partial charge in [-0.25, -0.2) is 0 Å². The molecule has 3 unspecified atom stereocenters. The highest BCUT2D eigenvalue weighted by atomic mass is 16.5. The molecule has 3 heteroatoms. The molecule has 0 amide bonds. The van der Waals surface area contributed by atoms with Crippen molar-refractivity contribution < 1.29 is 4.74 Å². The van der Waals surface area contributed by atoms with Crippen molar-refractivity contribution in [2.45, 2.75) is 70.6 Å². The van der Waals surface area contributed by atoms with Gasteiger partial charge in [0.15, 0.2) is 0 Å². The fourth-order valence-electron chi connectivity index (χ4n) is 3.11. The first-order chi connectivity index (χ1) is 8.69. The summed E-state index contributed by atoms with van der Waals surface area (Å²) in [6.45, 7) is 6.48. The van der Waals surface area contributed by atoms with Crippen LogP contribution in [0.3, 0.4) is 0 Å². The van der Waals surface area contributed by atoms with E-state index in [1.807, 2.05) is 0 Å². The van der Waals surface area contributed by atoms with Gasteiger partial charge in [0, 0.05) is 25.7 Å². The van der Waals surface area contributed by atoms with Crippen LogP contribution in [0.2, 0.25) is 0 Å². The van der Waals surface area contributed by atoms with Crippen molar-refractivity contribution in [3.05, 3.63) is 0 Å². The van der Waals surface area contributed by atoms with Gasteiger partial charge in [-0.2, -0.15) is 0 Å². The van der Waals surface area contributed by atoms with E-state index < -0.39 is 0 Å².